The second kappa shape index (κ2) is 5.46. The van der Waals surface area contributed by atoms with E-state index in [0.29, 0.717) is 10.4 Å². The Hall–Kier alpha value is -1.79. The van der Waals surface area contributed by atoms with Gasteiger partial charge in [0.15, 0.2) is 12.4 Å². The Bertz CT molecular complexity index is 670. The summed E-state index contributed by atoms with van der Waals surface area (Å²) >= 11 is 4.97. The summed E-state index contributed by atoms with van der Waals surface area (Å²) in [6, 6.07) is 7.79. The first-order chi connectivity index (χ1) is 9.33. The lowest BCUT2D eigenvalue weighted by Crippen LogP contribution is -2.26. The second-order valence-electron chi connectivity index (χ2n) is 3.73. The molecule has 6 heteroatoms. The van der Waals surface area contributed by atoms with Crippen molar-refractivity contribution in [2.24, 2.45) is 0 Å². The molecule has 0 N–H and O–H groups in total. The van der Waals surface area contributed by atoms with Crippen LogP contribution in [0.25, 0.3) is 16.7 Å². The fourth-order valence-corrected chi connectivity index (χ4v) is 2.51. The molecule has 0 aliphatic rings. The van der Waals surface area contributed by atoms with Crippen LogP contribution in [-0.4, -0.2) is 9.97 Å². The van der Waals surface area contributed by atoms with E-state index >= 15 is 0 Å². The number of pyridine rings is 1. The average molecular weight is 333 g/mol. The zero-order chi connectivity index (χ0) is 13.1. The Morgan fingerprint density at radius 3 is 2.79 bits per heavy atom. The SMILES string of the molecule is Brc1cnc([N-][n+]2ccccc2)c(-c2ccsc2)n1. The molecule has 0 amide bonds. The zero-order valence-corrected chi connectivity index (χ0v) is 12.2. The summed E-state index contributed by atoms with van der Waals surface area (Å²) in [5.41, 5.74) is 6.26. The normalized spacial score (nSPS) is 10.4. The van der Waals surface area contributed by atoms with Crippen LogP contribution in [0.5, 0.6) is 0 Å². The number of hydrogen-bond donors (Lipinski definition) is 0. The van der Waals surface area contributed by atoms with Gasteiger partial charge in [-0.05, 0) is 33.6 Å². The van der Waals surface area contributed by atoms with Crippen molar-refractivity contribution < 1.29 is 4.68 Å². The van der Waals surface area contributed by atoms with Crippen LogP contribution in [0, 0.1) is 0 Å². The maximum absolute atomic E-state index is 4.47. The van der Waals surface area contributed by atoms with Gasteiger partial charge in [0, 0.05) is 28.9 Å². The fraction of sp³-hybridized carbons (Fsp3) is 0. The highest BCUT2D eigenvalue weighted by molar-refractivity contribution is 9.10. The van der Waals surface area contributed by atoms with Crippen molar-refractivity contribution >= 4 is 33.1 Å². The van der Waals surface area contributed by atoms with Crippen LogP contribution in [0.1, 0.15) is 0 Å². The van der Waals surface area contributed by atoms with Crippen molar-refractivity contribution in [1.82, 2.24) is 9.97 Å². The summed E-state index contributed by atoms with van der Waals surface area (Å²) in [5, 5.41) is 4.04. The number of nitrogens with zero attached hydrogens (tertiary/aromatic N) is 4. The first-order valence-corrected chi connectivity index (χ1v) is 7.30. The van der Waals surface area contributed by atoms with E-state index in [-0.39, 0.29) is 0 Å². The molecule has 0 aliphatic carbocycles. The molecule has 0 atom stereocenters. The molecule has 3 aromatic heterocycles. The Morgan fingerprint density at radius 1 is 1.21 bits per heavy atom. The van der Waals surface area contributed by atoms with Crippen molar-refractivity contribution in [1.29, 1.82) is 0 Å². The second-order valence-corrected chi connectivity index (χ2v) is 5.32. The van der Waals surface area contributed by atoms with Crippen LogP contribution >= 0.6 is 27.3 Å². The molecule has 3 aromatic rings. The Labute approximate surface area is 122 Å². The van der Waals surface area contributed by atoms with E-state index in [9.17, 15) is 0 Å². The predicted octanol–water partition coefficient (Wildman–Crippen LogP) is 3.72. The lowest BCUT2D eigenvalue weighted by atomic mass is 10.2. The van der Waals surface area contributed by atoms with Crippen LogP contribution < -0.4 is 4.68 Å². The standard InChI is InChI=1S/C13H9BrN4S/c14-11-8-15-13(17-18-5-2-1-3-6-18)12(16-11)10-4-7-19-9-10/h1-9H. The topological polar surface area (TPSA) is 43.8 Å². The first-order valence-electron chi connectivity index (χ1n) is 5.56. The molecule has 4 nitrogen and oxygen atoms in total. The van der Waals surface area contributed by atoms with Gasteiger partial charge < -0.3 is 4.98 Å². The minimum Gasteiger partial charge on any atom is -0.434 e. The molecule has 0 aliphatic heterocycles. The molecule has 0 fully saturated rings. The largest absolute Gasteiger partial charge is 0.434 e. The fourth-order valence-electron chi connectivity index (χ4n) is 1.59. The third kappa shape index (κ3) is 2.80. The molecular formula is C13H9BrN4S. The van der Waals surface area contributed by atoms with Crippen LogP contribution in [-0.2, 0) is 0 Å². The lowest BCUT2D eigenvalue weighted by Gasteiger charge is -2.13. The number of halogens is 1. The Kier molecular flexibility index (Phi) is 3.52. The Balaban J connectivity index is 2.02. The van der Waals surface area contributed by atoms with E-state index in [1.807, 2.05) is 47.4 Å². The van der Waals surface area contributed by atoms with E-state index in [1.54, 1.807) is 22.2 Å². The van der Waals surface area contributed by atoms with Gasteiger partial charge in [0.1, 0.15) is 4.60 Å². The number of aromatic nitrogens is 3. The van der Waals surface area contributed by atoms with Gasteiger partial charge in [-0.3, -0.25) is 0 Å². The Morgan fingerprint density at radius 2 is 2.05 bits per heavy atom. The van der Waals surface area contributed by atoms with E-state index in [1.165, 1.54) is 0 Å². The van der Waals surface area contributed by atoms with Gasteiger partial charge in [0.2, 0.25) is 0 Å². The van der Waals surface area contributed by atoms with Gasteiger partial charge in [-0.15, -0.1) is 0 Å². The highest BCUT2D eigenvalue weighted by atomic mass is 79.9. The number of thiophene rings is 1. The van der Waals surface area contributed by atoms with Gasteiger partial charge in [-0.1, -0.05) is 6.07 Å². The van der Waals surface area contributed by atoms with Gasteiger partial charge in [-0.2, -0.15) is 21.4 Å². The van der Waals surface area contributed by atoms with Gasteiger partial charge in [0.25, 0.3) is 0 Å². The van der Waals surface area contributed by atoms with Crippen molar-refractivity contribution in [3.8, 4) is 11.3 Å². The summed E-state index contributed by atoms with van der Waals surface area (Å²) in [4.78, 5) is 8.80. The third-order valence-electron chi connectivity index (χ3n) is 2.43. The minimum absolute atomic E-state index is 0.595. The lowest BCUT2D eigenvalue weighted by molar-refractivity contribution is -0.619. The van der Waals surface area contributed by atoms with E-state index in [4.69, 9.17) is 0 Å². The van der Waals surface area contributed by atoms with E-state index in [2.05, 4.69) is 31.3 Å². The molecule has 0 unspecified atom stereocenters. The van der Waals surface area contributed by atoms with Crippen LogP contribution in [0.2, 0.25) is 0 Å². The van der Waals surface area contributed by atoms with Crippen molar-refractivity contribution in [3.63, 3.8) is 0 Å². The molecule has 3 heterocycles. The van der Waals surface area contributed by atoms with Gasteiger partial charge in [0.05, 0.1) is 5.69 Å². The van der Waals surface area contributed by atoms with E-state index in [0.717, 1.165) is 11.3 Å². The summed E-state index contributed by atoms with van der Waals surface area (Å²) in [6.07, 6.45) is 5.38. The highest BCUT2D eigenvalue weighted by Crippen LogP contribution is 2.30. The maximum Gasteiger partial charge on any atom is 0.182 e. The van der Waals surface area contributed by atoms with Gasteiger partial charge >= 0.3 is 0 Å². The molecule has 94 valence electrons. The average Bonchev–Trinajstić information content (AvgIpc) is 2.96. The molecule has 19 heavy (non-hydrogen) atoms. The summed E-state index contributed by atoms with van der Waals surface area (Å²) in [7, 11) is 0. The molecule has 0 radical (unpaired) electrons. The molecule has 0 aromatic carbocycles. The summed E-state index contributed by atoms with van der Waals surface area (Å²) in [5.74, 6) is 0.595. The van der Waals surface area contributed by atoms with Crippen molar-refractivity contribution in [2.45, 2.75) is 0 Å². The number of rotatable bonds is 3. The molecular weight excluding hydrogens is 324 g/mol. The monoisotopic (exact) mass is 332 g/mol. The molecule has 0 saturated carbocycles. The van der Waals surface area contributed by atoms with Crippen LogP contribution in [0.3, 0.4) is 0 Å². The van der Waals surface area contributed by atoms with Gasteiger partial charge in [-0.25, -0.2) is 4.98 Å². The molecule has 0 bridgehead atoms. The maximum atomic E-state index is 4.47. The zero-order valence-electron chi connectivity index (χ0n) is 9.77. The quantitative estimate of drug-likeness (QED) is 0.686. The smallest absolute Gasteiger partial charge is 0.182 e. The molecule has 0 spiro atoms. The van der Waals surface area contributed by atoms with Crippen LogP contribution in [0.4, 0.5) is 5.82 Å². The van der Waals surface area contributed by atoms with Crippen molar-refractivity contribution in [2.75, 3.05) is 0 Å². The summed E-state index contributed by atoms with van der Waals surface area (Å²) < 4.78 is 2.42. The predicted molar refractivity (Wildman–Crippen MR) is 78.1 cm³/mol. The highest BCUT2D eigenvalue weighted by Gasteiger charge is 2.06. The van der Waals surface area contributed by atoms with Crippen molar-refractivity contribution in [3.05, 3.63) is 63.6 Å². The first kappa shape index (κ1) is 12.3. The molecule has 3 rings (SSSR count). The molecule has 0 saturated heterocycles. The summed E-state index contributed by atoms with van der Waals surface area (Å²) in [6.45, 7) is 0. The number of hydrogen-bond acceptors (Lipinski definition) is 3. The van der Waals surface area contributed by atoms with E-state index < -0.39 is 0 Å². The third-order valence-corrected chi connectivity index (χ3v) is 3.49. The van der Waals surface area contributed by atoms with Crippen LogP contribution in [0.15, 0.2) is 58.2 Å². The minimum atomic E-state index is 0.595.